The fraction of sp³-hybridized carbons (Fsp3) is 0.571. The molecule has 4 N–H and O–H groups in total. The lowest BCUT2D eigenvalue weighted by atomic mass is 10.1. The smallest absolute Gasteiger partial charge is 0.407 e. The maximum Gasteiger partial charge on any atom is 0.407 e. The average molecular weight is 498 g/mol. The topological polar surface area (TPSA) is 159 Å². The molecular formula is C21H31N5O7S. The Labute approximate surface area is 201 Å². The lowest BCUT2D eigenvalue weighted by Gasteiger charge is -2.32. The molecule has 2 heterocycles. The highest BCUT2D eigenvalue weighted by Crippen LogP contribution is 2.24. The summed E-state index contributed by atoms with van der Waals surface area (Å²) in [4.78, 5) is 54.4. The largest absolute Gasteiger partial charge is 0.464 e. The number of carbonyl (C=O) groups excluding carboxylic acids is 4. The van der Waals surface area contributed by atoms with Crippen LogP contribution < -0.4 is 20.9 Å². The van der Waals surface area contributed by atoms with E-state index in [-0.39, 0.29) is 17.4 Å². The number of nitrogens with one attached hydrogen (secondary N) is 3. The SMILES string of the molecule is C=C(NC(=O)[C@H](CO)NC(=O)c1csc(N2CCC(NC(=O)OC(C)(C)C)CC2)n1)C(=O)OC. The van der Waals surface area contributed by atoms with Crippen molar-refractivity contribution in [1.29, 1.82) is 0 Å². The van der Waals surface area contributed by atoms with Crippen LogP contribution in [0.5, 0.6) is 0 Å². The number of aliphatic hydroxyl groups is 1. The third-order valence-electron chi connectivity index (χ3n) is 4.72. The minimum absolute atomic E-state index is 0.0163. The molecule has 1 atom stereocenters. The van der Waals surface area contributed by atoms with Gasteiger partial charge in [0.05, 0.1) is 13.7 Å². The number of aliphatic hydroxyl groups excluding tert-OH is 1. The van der Waals surface area contributed by atoms with Crippen molar-refractivity contribution in [3.8, 4) is 0 Å². The lowest BCUT2D eigenvalue weighted by molar-refractivity contribution is -0.138. The van der Waals surface area contributed by atoms with E-state index >= 15 is 0 Å². The zero-order valence-electron chi connectivity index (χ0n) is 19.7. The highest BCUT2D eigenvalue weighted by molar-refractivity contribution is 7.13. The molecule has 1 aliphatic rings. The lowest BCUT2D eigenvalue weighted by Crippen LogP contribution is -2.49. The number of piperidine rings is 1. The predicted molar refractivity (Wildman–Crippen MR) is 124 cm³/mol. The highest BCUT2D eigenvalue weighted by Gasteiger charge is 2.27. The number of amides is 3. The van der Waals surface area contributed by atoms with Crippen molar-refractivity contribution < 1.29 is 33.8 Å². The summed E-state index contributed by atoms with van der Waals surface area (Å²) < 4.78 is 9.72. The number of ether oxygens (including phenoxy) is 2. The summed E-state index contributed by atoms with van der Waals surface area (Å²) >= 11 is 1.27. The van der Waals surface area contributed by atoms with Crippen molar-refractivity contribution in [3.05, 3.63) is 23.3 Å². The summed E-state index contributed by atoms with van der Waals surface area (Å²) in [7, 11) is 1.13. The van der Waals surface area contributed by atoms with E-state index in [1.807, 2.05) is 4.90 Å². The number of hydrogen-bond donors (Lipinski definition) is 4. The van der Waals surface area contributed by atoms with Crippen LogP contribution in [-0.4, -0.2) is 78.5 Å². The zero-order chi connectivity index (χ0) is 25.5. The standard InChI is InChI=1S/C21H31N5O7S/c1-12(18(30)32-5)22-16(28)14(10-27)24-17(29)15-11-34-19(25-15)26-8-6-13(7-9-26)23-20(31)33-21(2,3)4/h11,13-14,27H,1,6-10H2,2-5H3,(H,22,28)(H,23,31)(H,24,29)/t14-/m0/s1. The first-order valence-electron chi connectivity index (χ1n) is 10.6. The molecule has 1 fully saturated rings. The molecule has 0 aliphatic carbocycles. The summed E-state index contributed by atoms with van der Waals surface area (Å²) in [6, 6.07) is -1.33. The van der Waals surface area contributed by atoms with Crippen LogP contribution in [0, 0.1) is 0 Å². The fourth-order valence-corrected chi connectivity index (χ4v) is 3.90. The molecule has 0 saturated carbocycles. The molecular weight excluding hydrogens is 466 g/mol. The van der Waals surface area contributed by atoms with Crippen LogP contribution in [0.1, 0.15) is 44.1 Å². The number of methoxy groups -OCH3 is 1. The van der Waals surface area contributed by atoms with Crippen molar-refractivity contribution in [2.75, 3.05) is 31.7 Å². The summed E-state index contributed by atoms with van der Waals surface area (Å²) in [5, 5.41) is 19.1. The Morgan fingerprint density at radius 3 is 2.50 bits per heavy atom. The second-order valence-corrected chi connectivity index (χ2v) is 9.43. The van der Waals surface area contributed by atoms with Crippen molar-refractivity contribution in [1.82, 2.24) is 20.9 Å². The summed E-state index contributed by atoms with van der Waals surface area (Å²) in [5.41, 5.74) is -0.791. The maximum atomic E-state index is 12.5. The average Bonchev–Trinajstić information content (AvgIpc) is 3.26. The fourth-order valence-electron chi connectivity index (χ4n) is 3.04. The molecule has 1 aliphatic heterocycles. The second kappa shape index (κ2) is 11.8. The van der Waals surface area contributed by atoms with Gasteiger partial charge < -0.3 is 35.4 Å². The van der Waals surface area contributed by atoms with Gasteiger partial charge in [-0.2, -0.15) is 0 Å². The van der Waals surface area contributed by atoms with Crippen LogP contribution in [0.15, 0.2) is 17.7 Å². The predicted octanol–water partition coefficient (Wildman–Crippen LogP) is 0.530. The van der Waals surface area contributed by atoms with Crippen LogP contribution in [0.3, 0.4) is 0 Å². The first-order chi connectivity index (χ1) is 15.9. The first-order valence-corrected chi connectivity index (χ1v) is 11.5. The van der Waals surface area contributed by atoms with Crippen molar-refractivity contribution >= 4 is 40.3 Å². The maximum absolute atomic E-state index is 12.5. The summed E-state index contributed by atoms with van der Waals surface area (Å²) in [5.74, 6) is -2.31. The minimum atomic E-state index is -1.31. The number of thiazole rings is 1. The van der Waals surface area contributed by atoms with Crippen LogP contribution in [-0.2, 0) is 19.1 Å². The molecule has 13 heteroatoms. The van der Waals surface area contributed by atoms with Gasteiger partial charge in [-0.15, -0.1) is 11.3 Å². The van der Waals surface area contributed by atoms with Gasteiger partial charge in [0.15, 0.2) is 5.13 Å². The number of nitrogens with zero attached hydrogens (tertiary/aromatic N) is 2. The minimum Gasteiger partial charge on any atom is -0.464 e. The van der Waals surface area contributed by atoms with Gasteiger partial charge in [0.25, 0.3) is 5.91 Å². The van der Waals surface area contributed by atoms with Gasteiger partial charge in [-0.05, 0) is 33.6 Å². The van der Waals surface area contributed by atoms with Gasteiger partial charge in [0, 0.05) is 24.5 Å². The van der Waals surface area contributed by atoms with Crippen molar-refractivity contribution in [2.45, 2.75) is 51.3 Å². The van der Waals surface area contributed by atoms with E-state index < -0.39 is 42.1 Å². The van der Waals surface area contributed by atoms with E-state index in [0.717, 1.165) is 7.11 Å². The summed E-state index contributed by atoms with van der Waals surface area (Å²) in [6.45, 7) is 9.35. The van der Waals surface area contributed by atoms with E-state index in [0.29, 0.717) is 31.1 Å². The number of aromatic nitrogens is 1. The zero-order valence-corrected chi connectivity index (χ0v) is 20.5. The van der Waals surface area contributed by atoms with E-state index in [4.69, 9.17) is 4.74 Å². The number of esters is 1. The molecule has 34 heavy (non-hydrogen) atoms. The molecule has 12 nitrogen and oxygen atoms in total. The van der Waals surface area contributed by atoms with Crippen LogP contribution in [0.25, 0.3) is 0 Å². The molecule has 2 rings (SSSR count). The molecule has 0 radical (unpaired) electrons. The molecule has 1 aromatic heterocycles. The molecule has 3 amide bonds. The molecule has 0 unspecified atom stereocenters. The van der Waals surface area contributed by atoms with Crippen molar-refractivity contribution in [3.63, 3.8) is 0 Å². The Morgan fingerprint density at radius 2 is 1.94 bits per heavy atom. The number of alkyl carbamates (subject to hydrolysis) is 1. The normalized spacial score (nSPS) is 15.1. The van der Waals surface area contributed by atoms with Gasteiger partial charge in [0.2, 0.25) is 5.91 Å². The molecule has 0 aromatic carbocycles. The van der Waals surface area contributed by atoms with Gasteiger partial charge in [-0.25, -0.2) is 14.6 Å². The van der Waals surface area contributed by atoms with Crippen LogP contribution >= 0.6 is 11.3 Å². The van der Waals surface area contributed by atoms with E-state index in [1.165, 1.54) is 11.3 Å². The second-order valence-electron chi connectivity index (χ2n) is 8.59. The third-order valence-corrected chi connectivity index (χ3v) is 5.62. The van der Waals surface area contributed by atoms with Gasteiger partial charge in [0.1, 0.15) is 23.0 Å². The highest BCUT2D eigenvalue weighted by atomic mass is 32.1. The van der Waals surface area contributed by atoms with Crippen molar-refractivity contribution in [2.24, 2.45) is 0 Å². The molecule has 0 spiro atoms. The van der Waals surface area contributed by atoms with Gasteiger partial charge in [-0.3, -0.25) is 9.59 Å². The monoisotopic (exact) mass is 497 g/mol. The first kappa shape index (κ1) is 27.1. The molecule has 1 saturated heterocycles. The summed E-state index contributed by atoms with van der Waals surface area (Å²) in [6.07, 6.45) is 0.936. The number of anilines is 1. The van der Waals surface area contributed by atoms with E-state index in [9.17, 15) is 24.3 Å². The third kappa shape index (κ3) is 7.99. The van der Waals surface area contributed by atoms with Gasteiger partial charge >= 0.3 is 12.1 Å². The van der Waals surface area contributed by atoms with Crippen LogP contribution in [0.4, 0.5) is 9.93 Å². The van der Waals surface area contributed by atoms with E-state index in [2.05, 4.69) is 32.3 Å². The number of hydrogen-bond acceptors (Lipinski definition) is 10. The number of rotatable bonds is 8. The van der Waals surface area contributed by atoms with Crippen LogP contribution in [0.2, 0.25) is 0 Å². The Bertz CT molecular complexity index is 919. The number of carbonyl (C=O) groups is 4. The Balaban J connectivity index is 1.88. The van der Waals surface area contributed by atoms with Gasteiger partial charge in [-0.1, -0.05) is 6.58 Å². The van der Waals surface area contributed by atoms with E-state index in [1.54, 1.807) is 26.2 Å². The Hall–Kier alpha value is -3.19. The molecule has 0 bridgehead atoms. The molecule has 1 aromatic rings. The Morgan fingerprint density at radius 1 is 1.29 bits per heavy atom. The Kier molecular flexibility index (Phi) is 9.38. The quantitative estimate of drug-likeness (QED) is 0.297. The molecule has 188 valence electrons.